The van der Waals surface area contributed by atoms with Gasteiger partial charge in [0, 0.05) is 24.5 Å². The fraction of sp³-hybridized carbons (Fsp3) is 0.250. The average molecular weight is 517 g/mol. The maximum atomic E-state index is 12.9. The Balaban J connectivity index is 1.38. The number of carbonyl (C=O) groups is 3. The third-order valence-corrected chi connectivity index (χ3v) is 5.70. The Morgan fingerprint density at radius 2 is 1.81 bits per heavy atom. The van der Waals surface area contributed by atoms with Crippen molar-refractivity contribution in [2.45, 2.75) is 32.2 Å². The lowest BCUT2D eigenvalue weighted by atomic mass is 10.1. The minimum Gasteiger partial charge on any atom is -0.478 e. The second-order valence-corrected chi connectivity index (χ2v) is 8.29. The number of rotatable bonds is 6. The highest BCUT2D eigenvalue weighted by Crippen LogP contribution is 2.25. The van der Waals surface area contributed by atoms with Crippen LogP contribution in [0, 0.1) is 6.92 Å². The lowest BCUT2D eigenvalue weighted by Crippen LogP contribution is -2.45. The topological polar surface area (TPSA) is 126 Å². The van der Waals surface area contributed by atoms with Gasteiger partial charge in [-0.25, -0.2) is 14.3 Å². The minimum absolute atomic E-state index is 0.176. The number of urea groups is 1. The largest absolute Gasteiger partial charge is 0.573 e. The van der Waals surface area contributed by atoms with Gasteiger partial charge in [0.15, 0.2) is 5.82 Å². The molecule has 1 aliphatic rings. The van der Waals surface area contributed by atoms with E-state index in [4.69, 9.17) is 0 Å². The summed E-state index contributed by atoms with van der Waals surface area (Å²) in [5, 5.41) is 18.7. The smallest absolute Gasteiger partial charge is 0.478 e. The van der Waals surface area contributed by atoms with Gasteiger partial charge in [-0.1, -0.05) is 0 Å². The van der Waals surface area contributed by atoms with Gasteiger partial charge < -0.3 is 25.4 Å². The van der Waals surface area contributed by atoms with Gasteiger partial charge >= 0.3 is 18.4 Å². The Morgan fingerprint density at radius 1 is 1.08 bits per heavy atom. The van der Waals surface area contributed by atoms with Gasteiger partial charge in [-0.2, -0.15) is 5.10 Å². The standard InChI is InChI=1S/C24H22F3N5O5/c1-14-13-16(6-9-18(14)22(34)35)32-12-10-20(30-32)29-21(33)19-3-2-11-31(19)23(36)28-15-4-7-17(8-5-15)37-24(25,26)27/h4-10,12-13,19H,2-3,11H2,1H3,(H,28,36)(H,34,35)(H,29,30,33)/t19-/m0/s1. The zero-order chi connectivity index (χ0) is 26.7. The highest BCUT2D eigenvalue weighted by Gasteiger charge is 2.35. The van der Waals surface area contributed by atoms with E-state index < -0.39 is 36.1 Å². The number of likely N-dealkylation sites (tertiary alicyclic amines) is 1. The van der Waals surface area contributed by atoms with Crippen molar-refractivity contribution in [3.63, 3.8) is 0 Å². The summed E-state index contributed by atoms with van der Waals surface area (Å²) in [4.78, 5) is 38.2. The van der Waals surface area contributed by atoms with Gasteiger partial charge in [-0.3, -0.25) is 4.79 Å². The zero-order valence-corrected chi connectivity index (χ0v) is 19.5. The molecule has 0 radical (unpaired) electrons. The number of anilines is 2. The molecule has 37 heavy (non-hydrogen) atoms. The first kappa shape index (κ1) is 25.5. The number of aryl methyl sites for hydroxylation is 1. The van der Waals surface area contributed by atoms with E-state index in [-0.39, 0.29) is 17.1 Å². The fourth-order valence-electron chi connectivity index (χ4n) is 3.99. The number of hydrogen-bond acceptors (Lipinski definition) is 5. The number of nitrogens with zero attached hydrogens (tertiary/aromatic N) is 3. The van der Waals surface area contributed by atoms with Gasteiger partial charge in [0.1, 0.15) is 11.8 Å². The van der Waals surface area contributed by atoms with E-state index >= 15 is 0 Å². The number of aromatic carboxylic acids is 1. The molecule has 0 spiro atoms. The van der Waals surface area contributed by atoms with E-state index in [9.17, 15) is 32.7 Å². The van der Waals surface area contributed by atoms with E-state index in [2.05, 4.69) is 20.5 Å². The van der Waals surface area contributed by atoms with Crippen LogP contribution in [-0.4, -0.2) is 56.6 Å². The molecule has 194 valence electrons. The Morgan fingerprint density at radius 3 is 2.46 bits per heavy atom. The van der Waals surface area contributed by atoms with Crippen LogP contribution in [0.1, 0.15) is 28.8 Å². The van der Waals surface area contributed by atoms with Crippen molar-refractivity contribution in [1.82, 2.24) is 14.7 Å². The number of halogens is 3. The first-order chi connectivity index (χ1) is 17.5. The molecule has 1 aliphatic heterocycles. The van der Waals surface area contributed by atoms with Crippen molar-refractivity contribution >= 4 is 29.4 Å². The number of ether oxygens (including phenoxy) is 1. The number of carboxylic acids is 1. The van der Waals surface area contributed by atoms with Crippen molar-refractivity contribution in [3.05, 3.63) is 65.9 Å². The van der Waals surface area contributed by atoms with Crippen molar-refractivity contribution < 1.29 is 37.4 Å². The molecule has 4 rings (SSSR count). The van der Waals surface area contributed by atoms with Crippen LogP contribution in [0.25, 0.3) is 5.69 Å². The molecule has 0 unspecified atom stereocenters. The van der Waals surface area contributed by atoms with Crippen molar-refractivity contribution in [2.24, 2.45) is 0 Å². The van der Waals surface area contributed by atoms with E-state index in [1.54, 1.807) is 31.3 Å². The molecule has 3 aromatic rings. The molecule has 10 nitrogen and oxygen atoms in total. The SMILES string of the molecule is Cc1cc(-n2ccc(NC(=O)[C@@H]3CCCN3C(=O)Nc3ccc(OC(F)(F)F)cc3)n2)ccc1C(=O)O. The summed E-state index contributed by atoms with van der Waals surface area (Å²) in [5.74, 6) is -1.65. The highest BCUT2D eigenvalue weighted by atomic mass is 19.4. The maximum absolute atomic E-state index is 12.9. The summed E-state index contributed by atoms with van der Waals surface area (Å²) in [6.45, 7) is 1.99. The molecule has 1 saturated heterocycles. The number of nitrogens with one attached hydrogen (secondary N) is 2. The average Bonchev–Trinajstić information content (AvgIpc) is 3.49. The lowest BCUT2D eigenvalue weighted by Gasteiger charge is -2.24. The normalized spacial score (nSPS) is 15.4. The Bertz CT molecular complexity index is 1320. The zero-order valence-electron chi connectivity index (χ0n) is 19.5. The summed E-state index contributed by atoms with van der Waals surface area (Å²) in [6.07, 6.45) is -2.20. The van der Waals surface area contributed by atoms with Gasteiger partial charge in [0.25, 0.3) is 0 Å². The molecule has 0 aliphatic carbocycles. The number of alkyl halides is 3. The number of hydrogen-bond donors (Lipinski definition) is 3. The van der Waals surface area contributed by atoms with Crippen LogP contribution in [0.5, 0.6) is 5.75 Å². The molecular weight excluding hydrogens is 495 g/mol. The Kier molecular flexibility index (Phi) is 7.05. The van der Waals surface area contributed by atoms with Gasteiger partial charge in [-0.05, 0) is 67.8 Å². The third-order valence-electron chi connectivity index (χ3n) is 5.70. The van der Waals surface area contributed by atoms with Gasteiger partial charge in [0.2, 0.25) is 5.91 Å². The number of aromatic nitrogens is 2. The molecule has 3 N–H and O–H groups in total. The predicted octanol–water partition coefficient (Wildman–Crippen LogP) is 4.41. The van der Waals surface area contributed by atoms with Crippen LogP contribution in [0.4, 0.5) is 29.5 Å². The molecule has 1 atom stereocenters. The second kappa shape index (κ2) is 10.2. The monoisotopic (exact) mass is 517 g/mol. The molecule has 0 bridgehead atoms. The van der Waals surface area contributed by atoms with E-state index in [0.29, 0.717) is 30.6 Å². The predicted molar refractivity (Wildman–Crippen MR) is 126 cm³/mol. The molecular formula is C24H22F3N5O5. The first-order valence-electron chi connectivity index (χ1n) is 11.1. The molecule has 2 aromatic carbocycles. The molecule has 0 saturated carbocycles. The quantitative estimate of drug-likeness (QED) is 0.445. The summed E-state index contributed by atoms with van der Waals surface area (Å²) >= 11 is 0. The van der Waals surface area contributed by atoms with Crippen LogP contribution in [0.3, 0.4) is 0 Å². The Hall–Kier alpha value is -4.55. The molecule has 3 amide bonds. The Labute approximate surface area is 208 Å². The van der Waals surface area contributed by atoms with Crippen LogP contribution >= 0.6 is 0 Å². The lowest BCUT2D eigenvalue weighted by molar-refractivity contribution is -0.274. The molecule has 13 heteroatoms. The number of amides is 3. The molecule has 1 fully saturated rings. The molecule has 2 heterocycles. The van der Waals surface area contributed by atoms with Crippen LogP contribution < -0.4 is 15.4 Å². The van der Waals surface area contributed by atoms with Crippen LogP contribution in [0.2, 0.25) is 0 Å². The van der Waals surface area contributed by atoms with Crippen LogP contribution in [-0.2, 0) is 4.79 Å². The highest BCUT2D eigenvalue weighted by molar-refractivity contribution is 5.99. The second-order valence-electron chi connectivity index (χ2n) is 8.29. The van der Waals surface area contributed by atoms with Crippen LogP contribution in [0.15, 0.2) is 54.7 Å². The third kappa shape index (κ3) is 6.18. The first-order valence-corrected chi connectivity index (χ1v) is 11.1. The molecule has 1 aromatic heterocycles. The fourth-order valence-corrected chi connectivity index (χ4v) is 3.99. The van der Waals surface area contributed by atoms with E-state index in [0.717, 1.165) is 12.1 Å². The van der Waals surface area contributed by atoms with Gasteiger partial charge in [0.05, 0.1) is 11.3 Å². The van der Waals surface area contributed by atoms with Crippen molar-refractivity contribution in [1.29, 1.82) is 0 Å². The number of benzene rings is 2. The number of carbonyl (C=O) groups excluding carboxylic acids is 2. The summed E-state index contributed by atoms with van der Waals surface area (Å²) in [5.41, 5.74) is 1.58. The van der Waals surface area contributed by atoms with E-state index in [1.165, 1.54) is 27.8 Å². The number of carboxylic acid groups (broad SMARTS) is 1. The van der Waals surface area contributed by atoms with Crippen molar-refractivity contribution in [2.75, 3.05) is 17.2 Å². The van der Waals surface area contributed by atoms with Gasteiger partial charge in [-0.15, -0.1) is 13.2 Å². The summed E-state index contributed by atoms with van der Waals surface area (Å²) in [6, 6.07) is 9.64. The van der Waals surface area contributed by atoms with E-state index in [1.807, 2.05) is 0 Å². The maximum Gasteiger partial charge on any atom is 0.573 e. The van der Waals surface area contributed by atoms with Crippen molar-refractivity contribution in [3.8, 4) is 11.4 Å². The minimum atomic E-state index is -4.82. The summed E-state index contributed by atoms with van der Waals surface area (Å²) < 4.78 is 42.2. The summed E-state index contributed by atoms with van der Waals surface area (Å²) in [7, 11) is 0.